The van der Waals surface area contributed by atoms with E-state index in [-0.39, 0.29) is 0 Å². The van der Waals surface area contributed by atoms with E-state index >= 15 is 0 Å². The van der Waals surface area contributed by atoms with E-state index in [1.807, 2.05) is 7.05 Å². The van der Waals surface area contributed by atoms with Crippen molar-refractivity contribution in [2.45, 2.75) is 45.6 Å². The number of hydrogen-bond acceptors (Lipinski definition) is 5. The van der Waals surface area contributed by atoms with Crippen LogP contribution in [0.15, 0.2) is 6.07 Å². The number of anilines is 2. The third-order valence-electron chi connectivity index (χ3n) is 4.17. The van der Waals surface area contributed by atoms with Gasteiger partial charge in [-0.05, 0) is 31.7 Å². The van der Waals surface area contributed by atoms with Crippen LogP contribution >= 0.6 is 11.3 Å². The Hall–Kier alpha value is -1.36. The van der Waals surface area contributed by atoms with Crippen LogP contribution in [-0.4, -0.2) is 23.1 Å². The summed E-state index contributed by atoms with van der Waals surface area (Å²) < 4.78 is 0. The fourth-order valence-corrected chi connectivity index (χ4v) is 3.85. The first-order valence-corrected chi connectivity index (χ1v) is 8.21. The molecule has 0 spiro atoms. The molecule has 108 valence electrons. The first kappa shape index (κ1) is 13.6. The Bertz CT molecular complexity index is 607. The van der Waals surface area contributed by atoms with Crippen molar-refractivity contribution in [3.05, 3.63) is 10.9 Å². The molecule has 0 amide bonds. The molecule has 2 heterocycles. The van der Waals surface area contributed by atoms with Gasteiger partial charge in [-0.2, -0.15) is 4.98 Å². The molecule has 1 fully saturated rings. The van der Waals surface area contributed by atoms with Gasteiger partial charge in [-0.15, -0.1) is 11.3 Å². The molecule has 0 saturated heterocycles. The molecule has 2 N–H and O–H groups in total. The summed E-state index contributed by atoms with van der Waals surface area (Å²) in [6.07, 6.45) is 5.23. The first-order chi connectivity index (χ1) is 9.67. The van der Waals surface area contributed by atoms with Crippen molar-refractivity contribution in [2.75, 3.05) is 17.7 Å². The van der Waals surface area contributed by atoms with Gasteiger partial charge in [0.05, 0.1) is 5.39 Å². The van der Waals surface area contributed by atoms with Crippen LogP contribution in [0.25, 0.3) is 10.2 Å². The van der Waals surface area contributed by atoms with E-state index in [4.69, 9.17) is 0 Å². The number of aromatic nitrogens is 2. The number of thiophene rings is 1. The molecule has 0 aromatic carbocycles. The van der Waals surface area contributed by atoms with Crippen molar-refractivity contribution in [3.63, 3.8) is 0 Å². The monoisotopic (exact) mass is 290 g/mol. The fraction of sp³-hybridized carbons (Fsp3) is 0.600. The average Bonchev–Trinajstić information content (AvgIpc) is 2.81. The molecule has 4 nitrogen and oxygen atoms in total. The van der Waals surface area contributed by atoms with Crippen molar-refractivity contribution >= 4 is 33.3 Å². The van der Waals surface area contributed by atoms with Crippen LogP contribution in [0.2, 0.25) is 0 Å². The second kappa shape index (κ2) is 5.56. The van der Waals surface area contributed by atoms with E-state index in [0.29, 0.717) is 17.9 Å². The summed E-state index contributed by atoms with van der Waals surface area (Å²) in [6, 6.07) is 2.72. The Kier molecular flexibility index (Phi) is 3.78. The number of aryl methyl sites for hydroxylation is 1. The molecular formula is C15H22N4S. The second-order valence-electron chi connectivity index (χ2n) is 5.73. The van der Waals surface area contributed by atoms with Gasteiger partial charge < -0.3 is 10.6 Å². The Morgan fingerprint density at radius 2 is 2.05 bits per heavy atom. The van der Waals surface area contributed by atoms with Crippen molar-refractivity contribution in [1.29, 1.82) is 0 Å². The number of nitrogens with one attached hydrogen (secondary N) is 2. The maximum Gasteiger partial charge on any atom is 0.225 e. The molecule has 5 heteroatoms. The zero-order chi connectivity index (χ0) is 14.1. The molecule has 20 heavy (non-hydrogen) atoms. The molecule has 2 aromatic rings. The maximum absolute atomic E-state index is 4.63. The van der Waals surface area contributed by atoms with E-state index in [1.54, 1.807) is 11.3 Å². The summed E-state index contributed by atoms with van der Waals surface area (Å²) in [5.74, 6) is 2.40. The Morgan fingerprint density at radius 1 is 1.25 bits per heavy atom. The smallest absolute Gasteiger partial charge is 0.225 e. The standard InChI is InChI=1S/C15H22N4S/c1-9-6-4-5-7-12(9)17-13-11-8-10(2)20-14(11)19-15(16-3)18-13/h8-9,12H,4-7H2,1-3H3,(H2,16,17,18,19). The van der Waals surface area contributed by atoms with E-state index in [2.05, 4.69) is 40.5 Å². The Balaban J connectivity index is 1.96. The summed E-state index contributed by atoms with van der Waals surface area (Å²) in [5, 5.41) is 7.90. The highest BCUT2D eigenvalue weighted by atomic mass is 32.1. The predicted octanol–water partition coefficient (Wildman–Crippen LogP) is 4.03. The van der Waals surface area contributed by atoms with Gasteiger partial charge in [0.1, 0.15) is 10.6 Å². The Labute approximate surface area is 124 Å². The van der Waals surface area contributed by atoms with Gasteiger partial charge in [-0.25, -0.2) is 4.98 Å². The van der Waals surface area contributed by atoms with Crippen LogP contribution < -0.4 is 10.6 Å². The molecule has 3 rings (SSSR count). The van der Waals surface area contributed by atoms with Gasteiger partial charge in [-0.1, -0.05) is 19.8 Å². The molecule has 1 aliphatic carbocycles. The van der Waals surface area contributed by atoms with Gasteiger partial charge in [0.15, 0.2) is 0 Å². The van der Waals surface area contributed by atoms with Crippen molar-refractivity contribution in [2.24, 2.45) is 5.92 Å². The summed E-state index contributed by atoms with van der Waals surface area (Å²) in [7, 11) is 1.87. The minimum Gasteiger partial charge on any atom is -0.366 e. The van der Waals surface area contributed by atoms with E-state index in [9.17, 15) is 0 Å². The topological polar surface area (TPSA) is 49.8 Å². The maximum atomic E-state index is 4.63. The SMILES string of the molecule is CNc1nc(NC2CCCCC2C)c2cc(C)sc2n1. The molecular weight excluding hydrogens is 268 g/mol. The molecule has 0 bridgehead atoms. The van der Waals surface area contributed by atoms with Gasteiger partial charge >= 0.3 is 0 Å². The molecule has 1 aliphatic rings. The third-order valence-corrected chi connectivity index (χ3v) is 5.12. The fourth-order valence-electron chi connectivity index (χ4n) is 2.97. The van der Waals surface area contributed by atoms with Gasteiger partial charge in [0.25, 0.3) is 0 Å². The number of hydrogen-bond donors (Lipinski definition) is 2. The first-order valence-electron chi connectivity index (χ1n) is 7.40. The van der Waals surface area contributed by atoms with Crippen LogP contribution in [0, 0.1) is 12.8 Å². The van der Waals surface area contributed by atoms with Crippen LogP contribution in [0.5, 0.6) is 0 Å². The summed E-state index contributed by atoms with van der Waals surface area (Å²) in [4.78, 5) is 11.5. The second-order valence-corrected chi connectivity index (χ2v) is 6.97. The van der Waals surface area contributed by atoms with Crippen molar-refractivity contribution < 1.29 is 0 Å². The molecule has 2 atom stereocenters. The van der Waals surface area contributed by atoms with Gasteiger partial charge in [0.2, 0.25) is 5.95 Å². The van der Waals surface area contributed by atoms with Crippen LogP contribution in [0.1, 0.15) is 37.5 Å². The third kappa shape index (κ3) is 2.59. The number of rotatable bonds is 3. The summed E-state index contributed by atoms with van der Waals surface area (Å²) >= 11 is 1.73. The highest BCUT2D eigenvalue weighted by Crippen LogP contribution is 2.32. The molecule has 1 saturated carbocycles. The van der Waals surface area contributed by atoms with Crippen LogP contribution in [0.4, 0.5) is 11.8 Å². The quantitative estimate of drug-likeness (QED) is 0.896. The minimum absolute atomic E-state index is 0.534. The zero-order valence-electron chi connectivity index (χ0n) is 12.4. The lowest BCUT2D eigenvalue weighted by Gasteiger charge is -2.30. The lowest BCUT2D eigenvalue weighted by Crippen LogP contribution is -2.30. The summed E-state index contributed by atoms with van der Waals surface area (Å²) in [5.41, 5.74) is 0. The molecule has 2 unspecified atom stereocenters. The number of fused-ring (bicyclic) bond motifs is 1. The highest BCUT2D eigenvalue weighted by molar-refractivity contribution is 7.18. The van der Waals surface area contributed by atoms with Gasteiger partial charge in [-0.3, -0.25) is 0 Å². The van der Waals surface area contributed by atoms with Gasteiger partial charge in [0, 0.05) is 18.0 Å². The summed E-state index contributed by atoms with van der Waals surface area (Å²) in [6.45, 7) is 4.46. The van der Waals surface area contributed by atoms with Crippen molar-refractivity contribution in [1.82, 2.24) is 9.97 Å². The normalized spacial score (nSPS) is 22.9. The largest absolute Gasteiger partial charge is 0.366 e. The number of nitrogens with zero attached hydrogens (tertiary/aromatic N) is 2. The highest BCUT2D eigenvalue weighted by Gasteiger charge is 2.22. The minimum atomic E-state index is 0.534. The van der Waals surface area contributed by atoms with E-state index in [1.165, 1.54) is 30.6 Å². The van der Waals surface area contributed by atoms with E-state index in [0.717, 1.165) is 16.0 Å². The predicted molar refractivity (Wildman–Crippen MR) is 86.7 cm³/mol. The molecule has 2 aromatic heterocycles. The van der Waals surface area contributed by atoms with E-state index < -0.39 is 0 Å². The lowest BCUT2D eigenvalue weighted by atomic mass is 9.86. The zero-order valence-corrected chi connectivity index (χ0v) is 13.2. The Morgan fingerprint density at radius 3 is 2.80 bits per heavy atom. The van der Waals surface area contributed by atoms with Crippen LogP contribution in [0.3, 0.4) is 0 Å². The van der Waals surface area contributed by atoms with Crippen LogP contribution in [-0.2, 0) is 0 Å². The average molecular weight is 290 g/mol. The lowest BCUT2D eigenvalue weighted by molar-refractivity contribution is 0.349. The van der Waals surface area contributed by atoms with Crippen molar-refractivity contribution in [3.8, 4) is 0 Å². The molecule has 0 radical (unpaired) electrons. The molecule has 0 aliphatic heterocycles.